The van der Waals surface area contributed by atoms with Crippen molar-refractivity contribution in [1.29, 1.82) is 0 Å². The Balaban J connectivity index is 1.66. The van der Waals surface area contributed by atoms with E-state index in [0.29, 0.717) is 17.5 Å². The van der Waals surface area contributed by atoms with Crippen molar-refractivity contribution in [2.75, 3.05) is 13.1 Å². The molecule has 21 heavy (non-hydrogen) atoms. The topological polar surface area (TPSA) is 55.1 Å². The van der Waals surface area contributed by atoms with Crippen molar-refractivity contribution in [1.82, 2.24) is 5.32 Å². The molecule has 0 heterocycles. The lowest BCUT2D eigenvalue weighted by atomic mass is 10.00. The number of nitrogens with one attached hydrogen (secondary N) is 1. The Morgan fingerprint density at radius 1 is 1.43 bits per heavy atom. The maximum atomic E-state index is 12.3. The highest BCUT2D eigenvalue weighted by molar-refractivity contribution is 5.94. The van der Waals surface area contributed by atoms with Gasteiger partial charge in [0.05, 0.1) is 6.54 Å². The summed E-state index contributed by atoms with van der Waals surface area (Å²) in [5.41, 5.74) is 8.49. The van der Waals surface area contributed by atoms with Crippen LogP contribution in [0.1, 0.15) is 47.2 Å². The normalized spacial score (nSPS) is 18.6. The summed E-state index contributed by atoms with van der Waals surface area (Å²) in [6, 6.07) is 5.68. The summed E-state index contributed by atoms with van der Waals surface area (Å²) in [7, 11) is 0. The van der Waals surface area contributed by atoms with Crippen LogP contribution in [0.2, 0.25) is 0 Å². The van der Waals surface area contributed by atoms with Gasteiger partial charge in [-0.2, -0.15) is 0 Å². The third kappa shape index (κ3) is 3.11. The zero-order valence-corrected chi connectivity index (χ0v) is 12.5. The fourth-order valence-electron chi connectivity index (χ4n) is 2.99. The molecule has 1 aromatic rings. The minimum atomic E-state index is 0.0118. The molecule has 0 bridgehead atoms. The van der Waals surface area contributed by atoms with Crippen molar-refractivity contribution in [2.24, 2.45) is 17.1 Å². The highest BCUT2D eigenvalue weighted by Crippen LogP contribution is 2.60. The molecule has 3 N–H and O–H groups in total. The maximum absolute atomic E-state index is 12.3. The Morgan fingerprint density at radius 3 is 2.81 bits per heavy atom. The summed E-state index contributed by atoms with van der Waals surface area (Å²) in [4.78, 5) is 12.3. The Morgan fingerprint density at radius 2 is 2.19 bits per heavy atom. The van der Waals surface area contributed by atoms with Gasteiger partial charge in [0.1, 0.15) is 0 Å². The molecule has 3 heteroatoms. The van der Waals surface area contributed by atoms with Crippen molar-refractivity contribution in [2.45, 2.75) is 32.6 Å². The van der Waals surface area contributed by atoms with Crippen LogP contribution in [0.25, 0.3) is 0 Å². The van der Waals surface area contributed by atoms with Gasteiger partial charge in [0.2, 0.25) is 0 Å². The van der Waals surface area contributed by atoms with Gasteiger partial charge >= 0.3 is 0 Å². The largest absolute Gasteiger partial charge is 0.351 e. The van der Waals surface area contributed by atoms with Gasteiger partial charge in [0.25, 0.3) is 5.91 Å². The summed E-state index contributed by atoms with van der Waals surface area (Å²) >= 11 is 0. The Kier molecular flexibility index (Phi) is 3.73. The molecule has 0 unspecified atom stereocenters. The molecular weight excluding hydrogens is 260 g/mol. The van der Waals surface area contributed by atoms with Gasteiger partial charge in [-0.1, -0.05) is 17.9 Å². The van der Waals surface area contributed by atoms with E-state index in [1.54, 1.807) is 0 Å². The van der Waals surface area contributed by atoms with Crippen LogP contribution in [0.3, 0.4) is 0 Å². The van der Waals surface area contributed by atoms with Crippen LogP contribution in [0.5, 0.6) is 0 Å². The summed E-state index contributed by atoms with van der Waals surface area (Å²) in [6.07, 6.45) is 5.25. The molecule has 3 rings (SSSR count). The molecule has 2 saturated carbocycles. The van der Waals surface area contributed by atoms with Crippen LogP contribution in [0.4, 0.5) is 0 Å². The third-order valence-electron chi connectivity index (χ3n) is 4.76. The van der Waals surface area contributed by atoms with Crippen LogP contribution in [-0.2, 0) is 0 Å². The number of carbonyl (C=O) groups is 1. The van der Waals surface area contributed by atoms with E-state index >= 15 is 0 Å². The maximum Gasteiger partial charge on any atom is 0.251 e. The monoisotopic (exact) mass is 282 g/mol. The SMILES string of the molecule is Cc1ccc(C(=O)NCC2(C3CC3)CC2)cc1C#CCN. The minimum absolute atomic E-state index is 0.0118. The molecule has 0 atom stereocenters. The Labute approximate surface area is 126 Å². The molecule has 2 aliphatic carbocycles. The number of hydrogen-bond acceptors (Lipinski definition) is 2. The van der Waals surface area contributed by atoms with Crippen molar-refractivity contribution in [3.8, 4) is 11.8 Å². The van der Waals surface area contributed by atoms with E-state index < -0.39 is 0 Å². The number of carbonyl (C=O) groups excluding carboxylic acids is 1. The van der Waals surface area contributed by atoms with Crippen molar-refractivity contribution in [3.05, 3.63) is 34.9 Å². The lowest BCUT2D eigenvalue weighted by Gasteiger charge is -2.15. The predicted molar refractivity (Wildman–Crippen MR) is 83.8 cm³/mol. The number of aryl methyl sites for hydroxylation is 1. The average molecular weight is 282 g/mol. The molecular formula is C18H22N2O. The standard InChI is InChI=1S/C18H22N2O/c1-13-4-5-15(11-14(13)3-2-10-19)17(21)20-12-18(8-9-18)16-6-7-16/h4-5,11,16H,6-10,12,19H2,1H3,(H,20,21). The summed E-state index contributed by atoms with van der Waals surface area (Å²) in [5.74, 6) is 6.75. The second-order valence-corrected chi connectivity index (χ2v) is 6.35. The fraction of sp³-hybridized carbons (Fsp3) is 0.500. The van der Waals surface area contributed by atoms with E-state index in [9.17, 15) is 4.79 Å². The van der Waals surface area contributed by atoms with Crippen LogP contribution in [0, 0.1) is 30.1 Å². The highest BCUT2D eigenvalue weighted by atomic mass is 16.1. The highest BCUT2D eigenvalue weighted by Gasteiger charge is 2.53. The van der Waals surface area contributed by atoms with Crippen LogP contribution < -0.4 is 11.1 Å². The molecule has 1 amide bonds. The molecule has 0 aromatic heterocycles. The third-order valence-corrected chi connectivity index (χ3v) is 4.76. The first kappa shape index (κ1) is 14.2. The van der Waals surface area contributed by atoms with Crippen LogP contribution in [-0.4, -0.2) is 19.0 Å². The van der Waals surface area contributed by atoms with E-state index in [1.165, 1.54) is 25.7 Å². The van der Waals surface area contributed by atoms with E-state index in [2.05, 4.69) is 17.2 Å². The first-order valence-electron chi connectivity index (χ1n) is 7.72. The smallest absolute Gasteiger partial charge is 0.251 e. The Hall–Kier alpha value is -1.79. The number of rotatable bonds is 4. The molecule has 0 aliphatic heterocycles. The number of hydrogen-bond donors (Lipinski definition) is 2. The molecule has 0 radical (unpaired) electrons. The van der Waals surface area contributed by atoms with Crippen LogP contribution >= 0.6 is 0 Å². The van der Waals surface area contributed by atoms with Gasteiger partial charge < -0.3 is 11.1 Å². The number of amides is 1. The predicted octanol–water partition coefficient (Wildman–Crippen LogP) is 2.23. The van der Waals surface area contributed by atoms with Gasteiger partial charge in [-0.05, 0) is 61.6 Å². The molecule has 3 nitrogen and oxygen atoms in total. The first-order chi connectivity index (χ1) is 10.1. The van der Waals surface area contributed by atoms with Gasteiger partial charge in [-0.15, -0.1) is 0 Å². The summed E-state index contributed by atoms with van der Waals surface area (Å²) in [6.45, 7) is 3.16. The summed E-state index contributed by atoms with van der Waals surface area (Å²) in [5, 5.41) is 3.11. The van der Waals surface area contributed by atoms with Gasteiger partial charge in [0, 0.05) is 17.7 Å². The molecule has 0 spiro atoms. The van der Waals surface area contributed by atoms with Crippen molar-refractivity contribution in [3.63, 3.8) is 0 Å². The zero-order chi connectivity index (χ0) is 14.9. The first-order valence-corrected chi connectivity index (χ1v) is 7.72. The molecule has 1 aromatic carbocycles. The average Bonchev–Trinajstić information content (AvgIpc) is 3.37. The van der Waals surface area contributed by atoms with Gasteiger partial charge in [-0.25, -0.2) is 0 Å². The second kappa shape index (κ2) is 5.54. The van der Waals surface area contributed by atoms with E-state index in [4.69, 9.17) is 5.73 Å². The minimum Gasteiger partial charge on any atom is -0.351 e. The fourth-order valence-corrected chi connectivity index (χ4v) is 2.99. The lowest BCUT2D eigenvalue weighted by molar-refractivity contribution is 0.0942. The summed E-state index contributed by atoms with van der Waals surface area (Å²) < 4.78 is 0. The van der Waals surface area contributed by atoms with Crippen molar-refractivity contribution < 1.29 is 4.79 Å². The van der Waals surface area contributed by atoms with E-state index in [0.717, 1.165) is 23.6 Å². The number of benzene rings is 1. The quantitative estimate of drug-likeness (QED) is 0.832. The molecule has 2 aliphatic rings. The lowest BCUT2D eigenvalue weighted by Crippen LogP contribution is -2.31. The van der Waals surface area contributed by atoms with Crippen LogP contribution in [0.15, 0.2) is 18.2 Å². The van der Waals surface area contributed by atoms with E-state index in [-0.39, 0.29) is 5.91 Å². The van der Waals surface area contributed by atoms with E-state index in [1.807, 2.05) is 25.1 Å². The van der Waals surface area contributed by atoms with Crippen molar-refractivity contribution >= 4 is 5.91 Å². The Bertz CT molecular complexity index is 616. The van der Waals surface area contributed by atoms with Gasteiger partial charge in [-0.3, -0.25) is 4.79 Å². The molecule has 2 fully saturated rings. The second-order valence-electron chi connectivity index (χ2n) is 6.35. The van der Waals surface area contributed by atoms with Gasteiger partial charge in [0.15, 0.2) is 0 Å². The zero-order valence-electron chi connectivity index (χ0n) is 12.5. The number of nitrogens with two attached hydrogens (primary N) is 1. The molecule has 0 saturated heterocycles. The molecule has 110 valence electrons.